The molecule has 0 amide bonds. The molecule has 0 rings (SSSR count). The van der Waals surface area contributed by atoms with Gasteiger partial charge in [-0.15, -0.1) is 0 Å². The Morgan fingerprint density at radius 1 is 0.396 bits per heavy atom. The first kappa shape index (κ1) is 51.7. The molecule has 0 fully saturated rings. The molecule has 0 N–H and O–H groups in total. The molecule has 312 valence electrons. The van der Waals surface area contributed by atoms with Crippen LogP contribution < -0.4 is 0 Å². The maximum Gasteiger partial charge on any atom is 0.305 e. The van der Waals surface area contributed by atoms with Gasteiger partial charge in [-0.1, -0.05) is 256 Å². The van der Waals surface area contributed by atoms with Gasteiger partial charge in [0, 0.05) is 6.42 Å². The molecule has 0 radical (unpaired) electrons. The molecule has 0 aromatic heterocycles. The second kappa shape index (κ2) is 46.8. The molecular weight excluding hydrogens is 645 g/mol. The number of hydrogen-bond acceptors (Lipinski definition) is 2. The summed E-state index contributed by atoms with van der Waals surface area (Å²) >= 11 is 0. The van der Waals surface area contributed by atoms with Crippen LogP contribution >= 0.6 is 0 Å². The smallest absolute Gasteiger partial charge is 0.305 e. The van der Waals surface area contributed by atoms with Gasteiger partial charge in [0.25, 0.3) is 0 Å². The summed E-state index contributed by atoms with van der Waals surface area (Å²) in [7, 11) is 0. The normalized spacial score (nSPS) is 12.1. The highest BCUT2D eigenvalue weighted by Gasteiger charge is 2.03. The van der Waals surface area contributed by atoms with Gasteiger partial charge in [-0.3, -0.25) is 4.79 Å². The third kappa shape index (κ3) is 48.7. The van der Waals surface area contributed by atoms with Crippen LogP contribution in [-0.2, 0) is 9.53 Å². The maximum absolute atomic E-state index is 12.0. The van der Waals surface area contributed by atoms with Crippen LogP contribution in [0, 0.1) is 5.92 Å². The highest BCUT2D eigenvalue weighted by atomic mass is 16.5. The molecule has 0 saturated heterocycles. The molecule has 0 bridgehead atoms. The van der Waals surface area contributed by atoms with E-state index in [9.17, 15) is 4.79 Å². The highest BCUT2D eigenvalue weighted by Crippen LogP contribution is 2.17. The van der Waals surface area contributed by atoms with Gasteiger partial charge in [0.15, 0.2) is 0 Å². The van der Waals surface area contributed by atoms with E-state index in [0.29, 0.717) is 13.0 Å². The van der Waals surface area contributed by atoms with Crippen molar-refractivity contribution < 1.29 is 9.53 Å². The SMILES string of the molecule is CC/C=C\C/C=C\C/C=C\CCCCCCCC(=O)OCCCCCCCCCCCCCCCCCCCCCCCCCCCCCCC(C)C. The zero-order valence-corrected chi connectivity index (χ0v) is 36.6. The molecule has 2 nitrogen and oxygen atoms in total. The first-order valence-corrected chi connectivity index (χ1v) is 24.3. The van der Waals surface area contributed by atoms with Crippen molar-refractivity contribution >= 4 is 5.97 Å². The number of unbranched alkanes of at least 4 members (excludes halogenated alkanes) is 32. The van der Waals surface area contributed by atoms with Crippen molar-refractivity contribution in [1.82, 2.24) is 0 Å². The number of carbonyl (C=O) groups excluding carboxylic acids is 1. The van der Waals surface area contributed by atoms with Gasteiger partial charge < -0.3 is 4.74 Å². The number of esters is 1. The Morgan fingerprint density at radius 2 is 0.717 bits per heavy atom. The Balaban J connectivity index is 3.18. The molecule has 0 aromatic rings. The lowest BCUT2D eigenvalue weighted by molar-refractivity contribution is -0.143. The van der Waals surface area contributed by atoms with Crippen LogP contribution in [-0.4, -0.2) is 12.6 Å². The van der Waals surface area contributed by atoms with E-state index in [4.69, 9.17) is 4.74 Å². The predicted molar refractivity (Wildman–Crippen MR) is 239 cm³/mol. The van der Waals surface area contributed by atoms with E-state index in [1.165, 1.54) is 205 Å². The molecule has 0 aliphatic heterocycles. The van der Waals surface area contributed by atoms with Gasteiger partial charge in [0.05, 0.1) is 6.61 Å². The van der Waals surface area contributed by atoms with Crippen LogP contribution in [0.4, 0.5) is 0 Å². The number of rotatable bonds is 44. The number of hydrogen-bond donors (Lipinski definition) is 0. The third-order valence-electron chi connectivity index (χ3n) is 11.0. The quantitative estimate of drug-likeness (QED) is 0.0353. The fraction of sp³-hybridized carbons (Fsp3) is 0.863. The van der Waals surface area contributed by atoms with Crippen LogP contribution in [0.25, 0.3) is 0 Å². The monoisotopic (exact) mass is 741 g/mol. The molecule has 53 heavy (non-hydrogen) atoms. The van der Waals surface area contributed by atoms with E-state index in [1.807, 2.05) is 0 Å². The van der Waals surface area contributed by atoms with Gasteiger partial charge in [-0.25, -0.2) is 0 Å². The fourth-order valence-electron chi connectivity index (χ4n) is 7.40. The number of allylic oxidation sites excluding steroid dienone is 6. The standard InChI is InChI=1S/C51H96O2/c1-4-5-6-7-8-9-10-11-26-30-33-36-39-42-45-48-51(52)53-49-46-43-40-37-34-31-28-25-23-21-19-17-15-13-12-14-16-18-20-22-24-27-29-32-35-38-41-44-47-50(2)3/h5-6,8-9,11,26,50H,4,7,10,12-25,27-49H2,1-3H3/b6-5-,9-8-,26-11-. The Hall–Kier alpha value is -1.31. The third-order valence-corrected chi connectivity index (χ3v) is 11.0. The molecule has 0 aromatic carbocycles. The van der Waals surface area contributed by atoms with Crippen molar-refractivity contribution in [3.8, 4) is 0 Å². The van der Waals surface area contributed by atoms with Crippen molar-refractivity contribution in [1.29, 1.82) is 0 Å². The van der Waals surface area contributed by atoms with Crippen LogP contribution in [0.3, 0.4) is 0 Å². The van der Waals surface area contributed by atoms with Crippen molar-refractivity contribution in [2.24, 2.45) is 5.92 Å². The van der Waals surface area contributed by atoms with Crippen LogP contribution in [0.1, 0.15) is 271 Å². The summed E-state index contributed by atoms with van der Waals surface area (Å²) in [5.74, 6) is 0.898. The average molecular weight is 741 g/mol. The summed E-state index contributed by atoms with van der Waals surface area (Å²) in [6.07, 6.45) is 65.6. The minimum atomic E-state index is 0.0106. The van der Waals surface area contributed by atoms with Crippen LogP contribution in [0.2, 0.25) is 0 Å². The molecule has 0 saturated carbocycles. The molecule has 0 atom stereocenters. The highest BCUT2D eigenvalue weighted by molar-refractivity contribution is 5.69. The van der Waals surface area contributed by atoms with Crippen LogP contribution in [0.15, 0.2) is 36.5 Å². The van der Waals surface area contributed by atoms with E-state index < -0.39 is 0 Å². The fourth-order valence-corrected chi connectivity index (χ4v) is 7.40. The lowest BCUT2D eigenvalue weighted by Gasteiger charge is -2.06. The second-order valence-electron chi connectivity index (χ2n) is 16.9. The second-order valence-corrected chi connectivity index (χ2v) is 16.9. The summed E-state index contributed by atoms with van der Waals surface area (Å²) in [5.41, 5.74) is 0. The number of carbonyl (C=O) groups is 1. The minimum absolute atomic E-state index is 0.0106. The van der Waals surface area contributed by atoms with Crippen molar-refractivity contribution in [2.45, 2.75) is 271 Å². The summed E-state index contributed by atoms with van der Waals surface area (Å²) < 4.78 is 5.47. The van der Waals surface area contributed by atoms with E-state index >= 15 is 0 Å². The topological polar surface area (TPSA) is 26.3 Å². The summed E-state index contributed by atoms with van der Waals surface area (Å²) in [5, 5.41) is 0. The largest absolute Gasteiger partial charge is 0.466 e. The predicted octanol–water partition coefficient (Wildman–Crippen LogP) is 18.1. The summed E-state index contributed by atoms with van der Waals surface area (Å²) in [4.78, 5) is 12.0. The molecule has 0 unspecified atom stereocenters. The van der Waals surface area contributed by atoms with Crippen molar-refractivity contribution in [2.75, 3.05) is 6.61 Å². The molecule has 2 heteroatoms. The van der Waals surface area contributed by atoms with E-state index in [2.05, 4.69) is 57.2 Å². The molecular formula is C51H96O2. The summed E-state index contributed by atoms with van der Waals surface area (Å²) in [6.45, 7) is 7.48. The molecule has 0 spiro atoms. The Bertz CT molecular complexity index is 777. The van der Waals surface area contributed by atoms with E-state index in [0.717, 1.165) is 44.4 Å². The van der Waals surface area contributed by atoms with Gasteiger partial charge in [-0.05, 0) is 50.9 Å². The average Bonchev–Trinajstić information content (AvgIpc) is 3.15. The first-order chi connectivity index (χ1) is 26.2. The zero-order chi connectivity index (χ0) is 38.4. The van der Waals surface area contributed by atoms with Gasteiger partial charge in [0.1, 0.15) is 0 Å². The lowest BCUT2D eigenvalue weighted by atomic mass is 10.0. The van der Waals surface area contributed by atoms with Gasteiger partial charge >= 0.3 is 5.97 Å². The minimum Gasteiger partial charge on any atom is -0.466 e. The maximum atomic E-state index is 12.0. The molecule has 0 heterocycles. The molecule has 0 aliphatic carbocycles. The van der Waals surface area contributed by atoms with Crippen molar-refractivity contribution in [3.05, 3.63) is 36.5 Å². The van der Waals surface area contributed by atoms with Crippen LogP contribution in [0.5, 0.6) is 0 Å². The Morgan fingerprint density at radius 3 is 1.11 bits per heavy atom. The number of ether oxygens (including phenoxy) is 1. The summed E-state index contributed by atoms with van der Waals surface area (Å²) in [6, 6.07) is 0. The zero-order valence-electron chi connectivity index (χ0n) is 36.6. The van der Waals surface area contributed by atoms with Gasteiger partial charge in [-0.2, -0.15) is 0 Å². The van der Waals surface area contributed by atoms with E-state index in [-0.39, 0.29) is 5.97 Å². The first-order valence-electron chi connectivity index (χ1n) is 24.3. The van der Waals surface area contributed by atoms with Crippen molar-refractivity contribution in [3.63, 3.8) is 0 Å². The Labute approximate surface area is 334 Å². The Kier molecular flexibility index (Phi) is 45.7. The lowest BCUT2D eigenvalue weighted by Crippen LogP contribution is -2.05. The van der Waals surface area contributed by atoms with Gasteiger partial charge in [0.2, 0.25) is 0 Å². The van der Waals surface area contributed by atoms with E-state index in [1.54, 1.807) is 0 Å². The molecule has 0 aliphatic rings.